The number of hydrogen-bond acceptors (Lipinski definition) is 4. The first-order valence-corrected chi connectivity index (χ1v) is 5.42. The Kier molecular flexibility index (Phi) is 5.44. The fraction of sp³-hybridized carbons (Fsp3) is 0.400. The van der Waals surface area contributed by atoms with Gasteiger partial charge in [-0.15, -0.1) is 11.8 Å². The summed E-state index contributed by atoms with van der Waals surface area (Å²) in [6, 6.07) is 7.12. The largest absolute Gasteiger partial charge is 0.508 e. The molecule has 0 aliphatic carbocycles. The van der Waals surface area contributed by atoms with Gasteiger partial charge in [0, 0.05) is 10.6 Å². The highest BCUT2D eigenvalue weighted by Crippen LogP contribution is 2.21. The first-order chi connectivity index (χ1) is 6.83. The van der Waals surface area contributed by atoms with E-state index < -0.39 is 0 Å². The quantitative estimate of drug-likeness (QED) is 0.556. The minimum atomic E-state index is 0.0663. The molecule has 0 spiro atoms. The summed E-state index contributed by atoms with van der Waals surface area (Å²) in [5.41, 5.74) is 0. The number of aromatic hydroxyl groups is 1. The van der Waals surface area contributed by atoms with Crippen LogP contribution in [-0.4, -0.2) is 35.8 Å². The number of hydrogen-bond donors (Lipinski definition) is 2. The molecule has 0 aliphatic rings. The van der Waals surface area contributed by atoms with E-state index in [0.29, 0.717) is 13.2 Å². The molecule has 4 heteroatoms. The molecule has 0 saturated carbocycles. The number of aliphatic hydroxyl groups excluding tert-OH is 1. The predicted octanol–water partition coefficient (Wildman–Crippen LogP) is 1.49. The zero-order valence-electron chi connectivity index (χ0n) is 7.85. The molecular weight excluding hydrogens is 200 g/mol. The van der Waals surface area contributed by atoms with Crippen LogP contribution in [0.4, 0.5) is 0 Å². The third kappa shape index (κ3) is 4.50. The van der Waals surface area contributed by atoms with Crippen LogP contribution in [0.5, 0.6) is 5.75 Å². The zero-order valence-corrected chi connectivity index (χ0v) is 8.67. The minimum Gasteiger partial charge on any atom is -0.508 e. The normalized spacial score (nSPS) is 10.4. The van der Waals surface area contributed by atoms with Crippen molar-refractivity contribution < 1.29 is 14.9 Å². The third-order valence-electron chi connectivity index (χ3n) is 1.55. The van der Waals surface area contributed by atoms with E-state index in [2.05, 4.69) is 0 Å². The monoisotopic (exact) mass is 214 g/mol. The maximum absolute atomic E-state index is 9.18. The molecule has 1 rings (SSSR count). The van der Waals surface area contributed by atoms with E-state index in [-0.39, 0.29) is 12.4 Å². The lowest BCUT2D eigenvalue weighted by molar-refractivity contribution is 0.103. The molecule has 1 aromatic carbocycles. The Morgan fingerprint density at radius 3 is 2.86 bits per heavy atom. The molecule has 0 radical (unpaired) electrons. The highest BCUT2D eigenvalue weighted by Gasteiger charge is 1.95. The summed E-state index contributed by atoms with van der Waals surface area (Å²) < 4.78 is 5.10. The van der Waals surface area contributed by atoms with E-state index in [1.54, 1.807) is 23.9 Å². The van der Waals surface area contributed by atoms with Crippen molar-refractivity contribution in [3.8, 4) is 5.75 Å². The van der Waals surface area contributed by atoms with Crippen LogP contribution in [0.15, 0.2) is 29.2 Å². The van der Waals surface area contributed by atoms with Crippen LogP contribution in [0.3, 0.4) is 0 Å². The van der Waals surface area contributed by atoms with Gasteiger partial charge >= 0.3 is 0 Å². The molecule has 0 saturated heterocycles. The van der Waals surface area contributed by atoms with Crippen molar-refractivity contribution in [2.75, 3.05) is 25.6 Å². The molecule has 0 unspecified atom stereocenters. The van der Waals surface area contributed by atoms with Crippen molar-refractivity contribution in [3.63, 3.8) is 0 Å². The number of benzene rings is 1. The van der Waals surface area contributed by atoms with Crippen LogP contribution >= 0.6 is 11.8 Å². The summed E-state index contributed by atoms with van der Waals surface area (Å²) in [6.07, 6.45) is 0. The standard InChI is InChI=1S/C10H14O3S/c11-4-5-13-6-7-14-10-3-1-2-9(12)8-10/h1-3,8,11-12H,4-7H2. The maximum atomic E-state index is 9.18. The van der Waals surface area contributed by atoms with Crippen LogP contribution in [-0.2, 0) is 4.74 Å². The van der Waals surface area contributed by atoms with Gasteiger partial charge in [0.1, 0.15) is 5.75 Å². The molecular formula is C10H14O3S. The molecule has 0 fully saturated rings. The van der Waals surface area contributed by atoms with Gasteiger partial charge in [0.15, 0.2) is 0 Å². The Morgan fingerprint density at radius 1 is 1.29 bits per heavy atom. The smallest absolute Gasteiger partial charge is 0.116 e. The van der Waals surface area contributed by atoms with Crippen LogP contribution < -0.4 is 0 Å². The third-order valence-corrected chi connectivity index (χ3v) is 2.51. The molecule has 0 bridgehead atoms. The zero-order chi connectivity index (χ0) is 10.2. The molecule has 0 aliphatic heterocycles. The lowest BCUT2D eigenvalue weighted by Crippen LogP contribution is -2.02. The first-order valence-electron chi connectivity index (χ1n) is 4.43. The maximum Gasteiger partial charge on any atom is 0.116 e. The summed E-state index contributed by atoms with van der Waals surface area (Å²) >= 11 is 1.62. The van der Waals surface area contributed by atoms with Crippen molar-refractivity contribution in [2.24, 2.45) is 0 Å². The van der Waals surface area contributed by atoms with Crippen molar-refractivity contribution in [3.05, 3.63) is 24.3 Å². The number of phenolic OH excluding ortho intramolecular Hbond substituents is 1. The summed E-state index contributed by atoms with van der Waals surface area (Å²) in [5.74, 6) is 1.11. The number of rotatable bonds is 6. The van der Waals surface area contributed by atoms with E-state index in [1.165, 1.54) is 0 Å². The minimum absolute atomic E-state index is 0.0663. The molecule has 14 heavy (non-hydrogen) atoms. The highest BCUT2D eigenvalue weighted by atomic mass is 32.2. The predicted molar refractivity (Wildman–Crippen MR) is 56.7 cm³/mol. The second-order valence-corrected chi connectivity index (χ2v) is 3.85. The van der Waals surface area contributed by atoms with Crippen molar-refractivity contribution in [1.82, 2.24) is 0 Å². The summed E-state index contributed by atoms with van der Waals surface area (Å²) in [5, 5.41) is 17.6. The number of aliphatic hydroxyl groups is 1. The van der Waals surface area contributed by atoms with Gasteiger partial charge in [-0.25, -0.2) is 0 Å². The fourth-order valence-corrected chi connectivity index (χ4v) is 1.77. The van der Waals surface area contributed by atoms with Gasteiger partial charge in [-0.3, -0.25) is 0 Å². The SMILES string of the molecule is OCCOCCSc1cccc(O)c1. The van der Waals surface area contributed by atoms with Crippen molar-refractivity contribution in [2.45, 2.75) is 4.90 Å². The lowest BCUT2D eigenvalue weighted by Gasteiger charge is -2.02. The van der Waals surface area contributed by atoms with Crippen LogP contribution in [0.25, 0.3) is 0 Å². The van der Waals surface area contributed by atoms with E-state index in [9.17, 15) is 5.11 Å². The number of ether oxygens (including phenoxy) is 1. The summed E-state index contributed by atoms with van der Waals surface area (Å²) in [6.45, 7) is 1.07. The Morgan fingerprint density at radius 2 is 2.14 bits per heavy atom. The Balaban J connectivity index is 2.18. The molecule has 1 aromatic rings. The van der Waals surface area contributed by atoms with E-state index in [0.717, 1.165) is 10.6 Å². The van der Waals surface area contributed by atoms with Crippen LogP contribution in [0.1, 0.15) is 0 Å². The van der Waals surface area contributed by atoms with Gasteiger partial charge < -0.3 is 14.9 Å². The molecule has 2 N–H and O–H groups in total. The Hall–Kier alpha value is -0.710. The molecule has 0 aromatic heterocycles. The van der Waals surface area contributed by atoms with E-state index in [1.807, 2.05) is 12.1 Å². The average molecular weight is 214 g/mol. The van der Waals surface area contributed by atoms with Crippen molar-refractivity contribution >= 4 is 11.8 Å². The Labute approximate surface area is 87.7 Å². The number of phenols is 1. The van der Waals surface area contributed by atoms with Crippen molar-refractivity contribution in [1.29, 1.82) is 0 Å². The lowest BCUT2D eigenvalue weighted by atomic mass is 10.3. The van der Waals surface area contributed by atoms with Gasteiger partial charge in [-0.2, -0.15) is 0 Å². The first kappa shape index (κ1) is 11.4. The molecule has 0 amide bonds. The van der Waals surface area contributed by atoms with Gasteiger partial charge in [0.05, 0.1) is 19.8 Å². The molecule has 0 atom stereocenters. The van der Waals surface area contributed by atoms with Gasteiger partial charge in [0.25, 0.3) is 0 Å². The van der Waals surface area contributed by atoms with Crippen LogP contribution in [0.2, 0.25) is 0 Å². The molecule has 3 nitrogen and oxygen atoms in total. The van der Waals surface area contributed by atoms with Gasteiger partial charge in [-0.1, -0.05) is 6.07 Å². The Bertz CT molecular complexity index is 265. The second kappa shape index (κ2) is 6.70. The molecule has 0 heterocycles. The number of thioether (sulfide) groups is 1. The van der Waals surface area contributed by atoms with Gasteiger partial charge in [-0.05, 0) is 18.2 Å². The topological polar surface area (TPSA) is 49.7 Å². The average Bonchev–Trinajstić information content (AvgIpc) is 2.18. The van der Waals surface area contributed by atoms with E-state index >= 15 is 0 Å². The summed E-state index contributed by atoms with van der Waals surface area (Å²) in [4.78, 5) is 1.03. The second-order valence-electron chi connectivity index (χ2n) is 2.68. The highest BCUT2D eigenvalue weighted by molar-refractivity contribution is 7.99. The fourth-order valence-electron chi connectivity index (χ4n) is 0.958. The van der Waals surface area contributed by atoms with E-state index in [4.69, 9.17) is 9.84 Å². The molecule has 78 valence electrons. The summed E-state index contributed by atoms with van der Waals surface area (Å²) in [7, 11) is 0. The van der Waals surface area contributed by atoms with Gasteiger partial charge in [0.2, 0.25) is 0 Å². The van der Waals surface area contributed by atoms with Crippen LogP contribution in [0, 0.1) is 0 Å².